The zero-order chi connectivity index (χ0) is 14.4. The molecule has 0 aliphatic rings. The lowest BCUT2D eigenvalue weighted by molar-refractivity contribution is 0.0600. The standard InChI is InChI=1S/C15H14ClNO3/c1-19-15(18)11-6-7-13(17-8-11)10-20-9-12-4-2-3-5-14(12)16/h2-8H,9-10H2,1H3. The van der Waals surface area contributed by atoms with Crippen molar-refractivity contribution in [3.05, 3.63) is 64.4 Å². The third kappa shape index (κ3) is 3.79. The molecule has 1 heterocycles. The van der Waals surface area contributed by atoms with Crippen LogP contribution in [-0.2, 0) is 22.7 Å². The Kier molecular flexibility index (Phi) is 5.09. The van der Waals surface area contributed by atoms with Gasteiger partial charge in [-0.05, 0) is 23.8 Å². The second kappa shape index (κ2) is 7.03. The number of halogens is 1. The highest BCUT2D eigenvalue weighted by Gasteiger charge is 2.05. The average molecular weight is 292 g/mol. The van der Waals surface area contributed by atoms with Crippen LogP contribution in [0, 0.1) is 0 Å². The van der Waals surface area contributed by atoms with Gasteiger partial charge in [0.1, 0.15) is 0 Å². The third-order valence-electron chi connectivity index (χ3n) is 2.71. The van der Waals surface area contributed by atoms with E-state index in [1.807, 2.05) is 24.3 Å². The van der Waals surface area contributed by atoms with Gasteiger partial charge in [0, 0.05) is 11.2 Å². The summed E-state index contributed by atoms with van der Waals surface area (Å²) < 4.78 is 10.2. The van der Waals surface area contributed by atoms with Gasteiger partial charge >= 0.3 is 5.97 Å². The van der Waals surface area contributed by atoms with Crippen molar-refractivity contribution in [1.82, 2.24) is 4.98 Å². The number of aromatic nitrogens is 1. The maximum atomic E-state index is 11.3. The van der Waals surface area contributed by atoms with Crippen molar-refractivity contribution in [3.8, 4) is 0 Å². The highest BCUT2D eigenvalue weighted by Crippen LogP contribution is 2.16. The van der Waals surface area contributed by atoms with Crippen LogP contribution in [0.4, 0.5) is 0 Å². The van der Waals surface area contributed by atoms with Crippen LogP contribution < -0.4 is 0 Å². The number of hydrogen-bond donors (Lipinski definition) is 0. The Balaban J connectivity index is 1.88. The monoisotopic (exact) mass is 291 g/mol. The first kappa shape index (κ1) is 14.5. The smallest absolute Gasteiger partial charge is 0.339 e. The molecule has 0 N–H and O–H groups in total. The fourth-order valence-electron chi connectivity index (χ4n) is 1.63. The Bertz CT molecular complexity index is 584. The summed E-state index contributed by atoms with van der Waals surface area (Å²) in [5, 5.41) is 0.682. The molecule has 0 atom stereocenters. The maximum absolute atomic E-state index is 11.3. The van der Waals surface area contributed by atoms with Crippen LogP contribution in [0.15, 0.2) is 42.6 Å². The molecule has 5 heteroatoms. The van der Waals surface area contributed by atoms with Crippen LogP contribution in [0.5, 0.6) is 0 Å². The van der Waals surface area contributed by atoms with Crippen LogP contribution in [0.1, 0.15) is 21.6 Å². The molecule has 2 rings (SSSR count). The van der Waals surface area contributed by atoms with Crippen LogP contribution in [0.2, 0.25) is 5.02 Å². The van der Waals surface area contributed by atoms with Crippen LogP contribution >= 0.6 is 11.6 Å². The van der Waals surface area contributed by atoms with E-state index in [0.717, 1.165) is 11.3 Å². The van der Waals surface area contributed by atoms with Gasteiger partial charge in [0.2, 0.25) is 0 Å². The lowest BCUT2D eigenvalue weighted by atomic mass is 10.2. The van der Waals surface area contributed by atoms with E-state index in [1.165, 1.54) is 13.3 Å². The summed E-state index contributed by atoms with van der Waals surface area (Å²) in [5.74, 6) is -0.402. The van der Waals surface area contributed by atoms with Gasteiger partial charge in [-0.15, -0.1) is 0 Å². The van der Waals surface area contributed by atoms with Crippen molar-refractivity contribution in [2.75, 3.05) is 7.11 Å². The first-order valence-corrected chi connectivity index (χ1v) is 6.43. The molecular formula is C15H14ClNO3. The predicted molar refractivity (Wildman–Crippen MR) is 75.5 cm³/mol. The van der Waals surface area contributed by atoms with Gasteiger partial charge < -0.3 is 9.47 Å². The lowest BCUT2D eigenvalue weighted by Gasteiger charge is -2.06. The number of methoxy groups -OCH3 is 1. The van der Waals surface area contributed by atoms with Gasteiger partial charge in [-0.25, -0.2) is 4.79 Å². The molecule has 0 fully saturated rings. The molecule has 20 heavy (non-hydrogen) atoms. The van der Waals surface area contributed by atoms with E-state index >= 15 is 0 Å². The summed E-state index contributed by atoms with van der Waals surface area (Å²) in [6, 6.07) is 10.9. The van der Waals surface area contributed by atoms with E-state index < -0.39 is 5.97 Å². The first-order chi connectivity index (χ1) is 9.70. The normalized spacial score (nSPS) is 10.3. The molecule has 0 saturated carbocycles. The Morgan fingerprint density at radius 3 is 2.65 bits per heavy atom. The van der Waals surface area contributed by atoms with Gasteiger partial charge in [0.15, 0.2) is 0 Å². The van der Waals surface area contributed by atoms with E-state index in [4.69, 9.17) is 16.3 Å². The molecule has 0 bridgehead atoms. The minimum absolute atomic E-state index is 0.354. The molecule has 0 saturated heterocycles. The van der Waals surface area contributed by atoms with Gasteiger partial charge in [0.25, 0.3) is 0 Å². The number of carbonyl (C=O) groups is 1. The number of esters is 1. The minimum Gasteiger partial charge on any atom is -0.465 e. The molecule has 1 aromatic carbocycles. The van der Waals surface area contributed by atoms with Crippen molar-refractivity contribution in [2.24, 2.45) is 0 Å². The van der Waals surface area contributed by atoms with E-state index in [1.54, 1.807) is 12.1 Å². The zero-order valence-corrected chi connectivity index (χ0v) is 11.8. The summed E-state index contributed by atoms with van der Waals surface area (Å²) >= 11 is 6.03. The maximum Gasteiger partial charge on any atom is 0.339 e. The molecular weight excluding hydrogens is 278 g/mol. The molecule has 0 aliphatic heterocycles. The number of pyridine rings is 1. The van der Waals surface area contributed by atoms with Gasteiger partial charge in [-0.1, -0.05) is 29.8 Å². The summed E-state index contributed by atoms with van der Waals surface area (Å²) in [5.41, 5.74) is 2.09. The van der Waals surface area contributed by atoms with E-state index in [2.05, 4.69) is 9.72 Å². The average Bonchev–Trinajstić information content (AvgIpc) is 2.49. The van der Waals surface area contributed by atoms with Crippen LogP contribution in [0.3, 0.4) is 0 Å². The molecule has 0 radical (unpaired) electrons. The highest BCUT2D eigenvalue weighted by atomic mass is 35.5. The molecule has 4 nitrogen and oxygen atoms in total. The number of benzene rings is 1. The van der Waals surface area contributed by atoms with Crippen molar-refractivity contribution < 1.29 is 14.3 Å². The topological polar surface area (TPSA) is 48.4 Å². The van der Waals surface area contributed by atoms with Crippen LogP contribution in [-0.4, -0.2) is 18.1 Å². The molecule has 1 aromatic heterocycles. The third-order valence-corrected chi connectivity index (χ3v) is 3.08. The Morgan fingerprint density at radius 1 is 1.20 bits per heavy atom. The Labute approximate surface area is 122 Å². The fourth-order valence-corrected chi connectivity index (χ4v) is 1.82. The van der Waals surface area contributed by atoms with Gasteiger partial charge in [-0.2, -0.15) is 0 Å². The SMILES string of the molecule is COC(=O)c1ccc(COCc2ccccc2Cl)nc1. The zero-order valence-electron chi connectivity index (χ0n) is 11.0. The number of carbonyl (C=O) groups excluding carboxylic acids is 1. The van der Waals surface area contributed by atoms with E-state index in [0.29, 0.717) is 23.8 Å². The largest absolute Gasteiger partial charge is 0.465 e. The number of rotatable bonds is 5. The van der Waals surface area contributed by atoms with Crippen molar-refractivity contribution >= 4 is 17.6 Å². The summed E-state index contributed by atoms with van der Waals surface area (Å²) in [6.45, 7) is 0.771. The number of ether oxygens (including phenoxy) is 2. The Hall–Kier alpha value is -1.91. The van der Waals surface area contributed by atoms with Gasteiger partial charge in [0.05, 0.1) is 31.6 Å². The van der Waals surface area contributed by atoms with Gasteiger partial charge in [-0.3, -0.25) is 4.98 Å². The second-order valence-corrected chi connectivity index (χ2v) is 4.52. The first-order valence-electron chi connectivity index (χ1n) is 6.05. The molecule has 0 aliphatic carbocycles. The lowest BCUT2D eigenvalue weighted by Crippen LogP contribution is -2.03. The fraction of sp³-hybridized carbons (Fsp3) is 0.200. The highest BCUT2D eigenvalue weighted by molar-refractivity contribution is 6.31. The minimum atomic E-state index is -0.402. The summed E-state index contributed by atoms with van der Waals surface area (Å²) in [6.07, 6.45) is 1.47. The second-order valence-electron chi connectivity index (χ2n) is 4.11. The molecule has 0 spiro atoms. The number of hydrogen-bond acceptors (Lipinski definition) is 4. The number of nitrogens with zero attached hydrogens (tertiary/aromatic N) is 1. The summed E-state index contributed by atoms with van der Waals surface area (Å²) in [4.78, 5) is 15.4. The molecule has 104 valence electrons. The predicted octanol–water partition coefficient (Wildman–Crippen LogP) is 3.24. The molecule has 2 aromatic rings. The van der Waals surface area contributed by atoms with E-state index in [-0.39, 0.29) is 0 Å². The van der Waals surface area contributed by atoms with Crippen molar-refractivity contribution in [3.63, 3.8) is 0 Å². The quantitative estimate of drug-likeness (QED) is 0.794. The molecule has 0 unspecified atom stereocenters. The van der Waals surface area contributed by atoms with E-state index in [9.17, 15) is 4.79 Å². The van der Waals surface area contributed by atoms with Crippen molar-refractivity contribution in [1.29, 1.82) is 0 Å². The Morgan fingerprint density at radius 2 is 2.00 bits per heavy atom. The van der Waals surface area contributed by atoms with Crippen LogP contribution in [0.25, 0.3) is 0 Å². The van der Waals surface area contributed by atoms with Crippen molar-refractivity contribution in [2.45, 2.75) is 13.2 Å². The molecule has 0 amide bonds. The summed E-state index contributed by atoms with van der Waals surface area (Å²) in [7, 11) is 1.34.